The summed E-state index contributed by atoms with van der Waals surface area (Å²) < 4.78 is 5.55. The number of hydrogen-bond acceptors (Lipinski definition) is 4. The van der Waals surface area contributed by atoms with Gasteiger partial charge in [0.1, 0.15) is 12.7 Å². The van der Waals surface area contributed by atoms with Crippen LogP contribution in [0.1, 0.15) is 18.4 Å². The van der Waals surface area contributed by atoms with E-state index in [-0.39, 0.29) is 0 Å². The Balaban J connectivity index is 1.82. The number of nitrogens with zero attached hydrogens (tertiary/aromatic N) is 3. The van der Waals surface area contributed by atoms with Crippen molar-refractivity contribution >= 4 is 0 Å². The third-order valence-corrected chi connectivity index (χ3v) is 2.78. The third kappa shape index (κ3) is 2.71. The van der Waals surface area contributed by atoms with Crippen LogP contribution in [0, 0.1) is 11.3 Å². The fourth-order valence-corrected chi connectivity index (χ4v) is 1.58. The minimum absolute atomic E-state index is 0.545. The molecule has 0 spiro atoms. The molecule has 0 bridgehead atoms. The molecule has 1 saturated carbocycles. The van der Waals surface area contributed by atoms with E-state index in [2.05, 4.69) is 23.0 Å². The molecular formula is C12H15N3O. The van der Waals surface area contributed by atoms with Gasteiger partial charge in [0.25, 0.3) is 0 Å². The van der Waals surface area contributed by atoms with Gasteiger partial charge in [0, 0.05) is 18.8 Å². The standard InChI is InChI=1S/C12H15N3O/c1-15(11-2-3-11)6-7-16-12-9-14-5-4-10(12)8-13/h4-5,9,11H,2-3,6-7H2,1H3. The first-order valence-corrected chi connectivity index (χ1v) is 5.48. The molecule has 0 atom stereocenters. The Morgan fingerprint density at radius 2 is 2.44 bits per heavy atom. The lowest BCUT2D eigenvalue weighted by Crippen LogP contribution is -2.26. The zero-order chi connectivity index (χ0) is 11.4. The zero-order valence-electron chi connectivity index (χ0n) is 9.39. The SMILES string of the molecule is CN(CCOc1cnccc1C#N)C1CC1. The smallest absolute Gasteiger partial charge is 0.155 e. The Morgan fingerprint density at radius 3 is 3.12 bits per heavy atom. The van der Waals surface area contributed by atoms with Crippen LogP contribution in [0.2, 0.25) is 0 Å². The number of aromatic nitrogens is 1. The molecule has 0 radical (unpaired) electrons. The molecular weight excluding hydrogens is 202 g/mol. The van der Waals surface area contributed by atoms with Gasteiger partial charge in [0.2, 0.25) is 0 Å². The fourth-order valence-electron chi connectivity index (χ4n) is 1.58. The van der Waals surface area contributed by atoms with Crippen LogP contribution in [0.5, 0.6) is 5.75 Å². The van der Waals surface area contributed by atoms with Gasteiger partial charge in [-0.15, -0.1) is 0 Å². The molecule has 1 aliphatic rings. The average Bonchev–Trinajstić information content (AvgIpc) is 3.13. The molecule has 0 aliphatic heterocycles. The molecule has 0 amide bonds. The molecule has 1 aliphatic carbocycles. The average molecular weight is 217 g/mol. The first kappa shape index (κ1) is 10.9. The molecule has 1 heterocycles. The summed E-state index contributed by atoms with van der Waals surface area (Å²) in [5.74, 6) is 0.578. The monoisotopic (exact) mass is 217 g/mol. The lowest BCUT2D eigenvalue weighted by Gasteiger charge is -2.15. The Labute approximate surface area is 95.5 Å². The molecule has 4 heteroatoms. The van der Waals surface area contributed by atoms with Crippen molar-refractivity contribution in [1.29, 1.82) is 5.26 Å². The highest BCUT2D eigenvalue weighted by molar-refractivity contribution is 5.40. The summed E-state index contributed by atoms with van der Waals surface area (Å²) in [6.07, 6.45) is 5.79. The van der Waals surface area contributed by atoms with Crippen LogP contribution in [-0.4, -0.2) is 36.1 Å². The molecule has 16 heavy (non-hydrogen) atoms. The molecule has 0 N–H and O–H groups in total. The molecule has 4 nitrogen and oxygen atoms in total. The summed E-state index contributed by atoms with van der Waals surface area (Å²) in [7, 11) is 2.11. The van der Waals surface area contributed by atoms with E-state index in [4.69, 9.17) is 10.00 Å². The number of rotatable bonds is 5. The van der Waals surface area contributed by atoms with Crippen molar-refractivity contribution < 1.29 is 4.74 Å². The summed E-state index contributed by atoms with van der Waals surface area (Å²) in [4.78, 5) is 6.24. The summed E-state index contributed by atoms with van der Waals surface area (Å²) in [5.41, 5.74) is 0.545. The van der Waals surface area contributed by atoms with E-state index in [9.17, 15) is 0 Å². The van der Waals surface area contributed by atoms with Gasteiger partial charge in [0.05, 0.1) is 11.8 Å². The molecule has 2 rings (SSSR count). The Kier molecular flexibility index (Phi) is 3.37. The number of ether oxygens (including phenoxy) is 1. The van der Waals surface area contributed by atoms with Crippen molar-refractivity contribution in [2.45, 2.75) is 18.9 Å². The maximum Gasteiger partial charge on any atom is 0.155 e. The van der Waals surface area contributed by atoms with E-state index in [0.29, 0.717) is 17.9 Å². The van der Waals surface area contributed by atoms with Crippen molar-refractivity contribution in [2.24, 2.45) is 0 Å². The molecule has 1 fully saturated rings. The van der Waals surface area contributed by atoms with Crippen LogP contribution in [0.3, 0.4) is 0 Å². The van der Waals surface area contributed by atoms with Crippen LogP contribution >= 0.6 is 0 Å². The molecule has 0 aromatic carbocycles. The van der Waals surface area contributed by atoms with Crippen molar-refractivity contribution in [2.75, 3.05) is 20.2 Å². The number of pyridine rings is 1. The highest BCUT2D eigenvalue weighted by Gasteiger charge is 2.25. The first-order chi connectivity index (χ1) is 7.81. The number of hydrogen-bond donors (Lipinski definition) is 0. The van der Waals surface area contributed by atoms with Gasteiger partial charge < -0.3 is 9.64 Å². The predicted molar refractivity (Wildman–Crippen MR) is 60.1 cm³/mol. The van der Waals surface area contributed by atoms with Gasteiger partial charge in [-0.05, 0) is 26.0 Å². The summed E-state index contributed by atoms with van der Waals surface area (Å²) in [6.45, 7) is 1.50. The normalized spacial score (nSPS) is 14.8. The molecule has 0 unspecified atom stereocenters. The largest absolute Gasteiger partial charge is 0.489 e. The van der Waals surface area contributed by atoms with Gasteiger partial charge in [0.15, 0.2) is 5.75 Å². The van der Waals surface area contributed by atoms with Gasteiger partial charge in [-0.3, -0.25) is 4.98 Å². The van der Waals surface area contributed by atoms with E-state index in [1.807, 2.05) is 0 Å². The van der Waals surface area contributed by atoms with E-state index < -0.39 is 0 Å². The number of nitriles is 1. The lowest BCUT2D eigenvalue weighted by molar-refractivity contribution is 0.231. The van der Waals surface area contributed by atoms with Gasteiger partial charge in [-0.1, -0.05) is 0 Å². The van der Waals surface area contributed by atoms with Crippen LogP contribution in [0.25, 0.3) is 0 Å². The molecule has 0 saturated heterocycles. The summed E-state index contributed by atoms with van der Waals surface area (Å²) in [6, 6.07) is 4.50. The second kappa shape index (κ2) is 4.95. The topological polar surface area (TPSA) is 49.1 Å². The first-order valence-electron chi connectivity index (χ1n) is 5.48. The Bertz CT molecular complexity index is 395. The van der Waals surface area contributed by atoms with Crippen LogP contribution in [-0.2, 0) is 0 Å². The summed E-state index contributed by atoms with van der Waals surface area (Å²) >= 11 is 0. The third-order valence-electron chi connectivity index (χ3n) is 2.78. The highest BCUT2D eigenvalue weighted by atomic mass is 16.5. The van der Waals surface area contributed by atoms with Crippen molar-refractivity contribution in [1.82, 2.24) is 9.88 Å². The van der Waals surface area contributed by atoms with Crippen molar-refractivity contribution in [3.63, 3.8) is 0 Å². The minimum Gasteiger partial charge on any atom is -0.489 e. The van der Waals surface area contributed by atoms with Crippen molar-refractivity contribution in [3.8, 4) is 11.8 Å². The minimum atomic E-state index is 0.545. The highest BCUT2D eigenvalue weighted by Crippen LogP contribution is 2.25. The molecule has 84 valence electrons. The van der Waals surface area contributed by atoms with Gasteiger partial charge >= 0.3 is 0 Å². The van der Waals surface area contributed by atoms with E-state index in [1.54, 1.807) is 18.5 Å². The zero-order valence-corrected chi connectivity index (χ0v) is 9.39. The van der Waals surface area contributed by atoms with E-state index >= 15 is 0 Å². The lowest BCUT2D eigenvalue weighted by atomic mass is 10.3. The molecule has 1 aromatic heterocycles. The van der Waals surface area contributed by atoms with E-state index in [1.165, 1.54) is 12.8 Å². The van der Waals surface area contributed by atoms with Crippen LogP contribution in [0.15, 0.2) is 18.5 Å². The summed E-state index contributed by atoms with van der Waals surface area (Å²) in [5, 5.41) is 8.86. The quantitative estimate of drug-likeness (QED) is 0.748. The Hall–Kier alpha value is -1.60. The van der Waals surface area contributed by atoms with E-state index in [0.717, 1.165) is 12.6 Å². The van der Waals surface area contributed by atoms with Crippen molar-refractivity contribution in [3.05, 3.63) is 24.0 Å². The second-order valence-corrected chi connectivity index (χ2v) is 4.04. The number of likely N-dealkylation sites (N-methyl/N-ethyl adjacent to an activating group) is 1. The second-order valence-electron chi connectivity index (χ2n) is 4.04. The van der Waals surface area contributed by atoms with Gasteiger partial charge in [-0.25, -0.2) is 0 Å². The van der Waals surface area contributed by atoms with Crippen LogP contribution < -0.4 is 4.74 Å². The Morgan fingerprint density at radius 1 is 1.62 bits per heavy atom. The molecule has 1 aromatic rings. The van der Waals surface area contributed by atoms with Gasteiger partial charge in [-0.2, -0.15) is 5.26 Å². The van der Waals surface area contributed by atoms with Crippen LogP contribution in [0.4, 0.5) is 0 Å². The predicted octanol–water partition coefficient (Wildman–Crippen LogP) is 1.43. The fraction of sp³-hybridized carbons (Fsp3) is 0.500. The maximum atomic E-state index is 8.86. The maximum absolute atomic E-state index is 8.86.